The molecule has 0 spiro atoms. The Hall–Kier alpha value is -1.95. The zero-order valence-electron chi connectivity index (χ0n) is 11.0. The highest BCUT2D eigenvalue weighted by atomic mass is 35.5. The number of nitrogens with zero attached hydrogens (tertiary/aromatic N) is 1. The van der Waals surface area contributed by atoms with Crippen molar-refractivity contribution in [2.75, 3.05) is 12.4 Å². The van der Waals surface area contributed by atoms with Crippen molar-refractivity contribution in [2.45, 2.75) is 12.7 Å². The Labute approximate surface area is 124 Å². The first-order valence-electron chi connectivity index (χ1n) is 6.00. The molecule has 0 saturated heterocycles. The Kier molecular flexibility index (Phi) is 4.57. The van der Waals surface area contributed by atoms with Crippen molar-refractivity contribution in [3.8, 4) is 5.75 Å². The molecule has 2 rings (SSSR count). The van der Waals surface area contributed by atoms with E-state index < -0.39 is 11.7 Å². The fourth-order valence-corrected chi connectivity index (χ4v) is 1.93. The van der Waals surface area contributed by atoms with Crippen LogP contribution in [0.2, 0.25) is 5.15 Å². The molecule has 112 valence electrons. The summed E-state index contributed by atoms with van der Waals surface area (Å²) in [7, 11) is 1.54. The normalized spacial score (nSPS) is 11.3. The molecule has 0 aliphatic rings. The van der Waals surface area contributed by atoms with E-state index in [1.165, 1.54) is 0 Å². The molecule has 21 heavy (non-hydrogen) atoms. The predicted octanol–water partition coefficient (Wildman–Crippen LogP) is 4.37. The molecule has 3 nitrogen and oxygen atoms in total. The molecule has 0 aliphatic heterocycles. The number of anilines is 1. The summed E-state index contributed by atoms with van der Waals surface area (Å²) in [6.45, 7) is 0.307. The molecule has 1 aromatic carbocycles. The number of benzene rings is 1. The monoisotopic (exact) mass is 316 g/mol. The molecule has 2 aromatic rings. The second kappa shape index (κ2) is 6.22. The molecule has 1 N–H and O–H groups in total. The van der Waals surface area contributed by atoms with Gasteiger partial charge in [-0.05, 0) is 29.8 Å². The summed E-state index contributed by atoms with van der Waals surface area (Å²) in [6.07, 6.45) is -4.46. The van der Waals surface area contributed by atoms with Gasteiger partial charge in [-0.15, -0.1) is 0 Å². The Balaban J connectivity index is 2.14. The number of halogens is 4. The summed E-state index contributed by atoms with van der Waals surface area (Å²) in [4.78, 5) is 3.83. The number of rotatable bonds is 4. The van der Waals surface area contributed by atoms with Crippen molar-refractivity contribution in [1.82, 2.24) is 4.98 Å². The SMILES string of the molecule is COc1cccc(CNc2cc(C(F)(F)F)cc(Cl)n2)c1. The van der Waals surface area contributed by atoms with Crippen LogP contribution >= 0.6 is 11.6 Å². The molecule has 1 aromatic heterocycles. The zero-order valence-corrected chi connectivity index (χ0v) is 11.8. The number of aromatic nitrogens is 1. The summed E-state index contributed by atoms with van der Waals surface area (Å²) < 4.78 is 43.1. The second-order valence-electron chi connectivity index (χ2n) is 4.27. The van der Waals surface area contributed by atoms with E-state index >= 15 is 0 Å². The van der Waals surface area contributed by atoms with E-state index in [0.717, 1.165) is 17.7 Å². The number of hydrogen-bond acceptors (Lipinski definition) is 3. The van der Waals surface area contributed by atoms with Crippen LogP contribution in [0.3, 0.4) is 0 Å². The Bertz CT molecular complexity index is 632. The zero-order chi connectivity index (χ0) is 15.5. The highest BCUT2D eigenvalue weighted by molar-refractivity contribution is 6.29. The van der Waals surface area contributed by atoms with E-state index in [0.29, 0.717) is 12.3 Å². The molecule has 0 saturated carbocycles. The molecule has 0 radical (unpaired) electrons. The van der Waals surface area contributed by atoms with Crippen molar-refractivity contribution in [1.29, 1.82) is 0 Å². The number of pyridine rings is 1. The smallest absolute Gasteiger partial charge is 0.416 e. The number of alkyl halides is 3. The van der Waals surface area contributed by atoms with Gasteiger partial charge < -0.3 is 10.1 Å². The first kappa shape index (κ1) is 15.4. The Morgan fingerprint density at radius 2 is 2.00 bits per heavy atom. The highest BCUT2D eigenvalue weighted by Gasteiger charge is 2.31. The average Bonchev–Trinajstić information content (AvgIpc) is 2.44. The third-order valence-corrected chi connectivity index (χ3v) is 2.92. The van der Waals surface area contributed by atoms with Gasteiger partial charge in [0, 0.05) is 6.54 Å². The summed E-state index contributed by atoms with van der Waals surface area (Å²) >= 11 is 5.61. The third-order valence-electron chi connectivity index (χ3n) is 2.73. The summed E-state index contributed by atoms with van der Waals surface area (Å²) in [6, 6.07) is 8.89. The van der Waals surface area contributed by atoms with Gasteiger partial charge in [0.15, 0.2) is 0 Å². The maximum absolute atomic E-state index is 12.7. The Morgan fingerprint density at radius 3 is 2.67 bits per heavy atom. The quantitative estimate of drug-likeness (QED) is 0.850. The number of nitrogens with one attached hydrogen (secondary N) is 1. The second-order valence-corrected chi connectivity index (χ2v) is 4.65. The lowest BCUT2D eigenvalue weighted by Gasteiger charge is -2.11. The van der Waals surface area contributed by atoms with Crippen molar-refractivity contribution < 1.29 is 17.9 Å². The lowest BCUT2D eigenvalue weighted by atomic mass is 10.2. The first-order chi connectivity index (χ1) is 9.88. The van der Waals surface area contributed by atoms with E-state index in [4.69, 9.17) is 16.3 Å². The van der Waals surface area contributed by atoms with Crippen LogP contribution < -0.4 is 10.1 Å². The predicted molar refractivity (Wildman–Crippen MR) is 74.6 cm³/mol. The standard InChI is InChI=1S/C14H12ClF3N2O/c1-21-11-4-2-3-9(5-11)8-19-13-7-10(14(16,17)18)6-12(15)20-13/h2-7H,8H2,1H3,(H,19,20). The largest absolute Gasteiger partial charge is 0.497 e. The minimum Gasteiger partial charge on any atom is -0.497 e. The van der Waals surface area contributed by atoms with Crippen molar-refractivity contribution >= 4 is 17.4 Å². The van der Waals surface area contributed by atoms with Gasteiger partial charge in [0.1, 0.15) is 16.7 Å². The summed E-state index contributed by atoms with van der Waals surface area (Å²) in [5.41, 5.74) is 0.0142. The van der Waals surface area contributed by atoms with Crippen LogP contribution in [-0.2, 0) is 12.7 Å². The number of ether oxygens (including phenoxy) is 1. The van der Waals surface area contributed by atoms with Crippen LogP contribution in [0.25, 0.3) is 0 Å². The van der Waals surface area contributed by atoms with Crippen LogP contribution in [0.4, 0.5) is 19.0 Å². The molecular weight excluding hydrogens is 305 g/mol. The fourth-order valence-electron chi connectivity index (χ4n) is 1.73. The molecule has 7 heteroatoms. The van der Waals surface area contributed by atoms with E-state index in [9.17, 15) is 13.2 Å². The van der Waals surface area contributed by atoms with E-state index in [1.807, 2.05) is 6.07 Å². The molecule has 0 unspecified atom stereocenters. The van der Waals surface area contributed by atoms with Gasteiger partial charge in [0.05, 0.1) is 12.7 Å². The van der Waals surface area contributed by atoms with Crippen LogP contribution in [-0.4, -0.2) is 12.1 Å². The average molecular weight is 317 g/mol. The van der Waals surface area contributed by atoms with Crippen LogP contribution in [0.1, 0.15) is 11.1 Å². The molecule has 1 heterocycles. The van der Waals surface area contributed by atoms with Crippen LogP contribution in [0.5, 0.6) is 5.75 Å². The maximum atomic E-state index is 12.7. The Morgan fingerprint density at radius 1 is 1.24 bits per heavy atom. The van der Waals surface area contributed by atoms with Gasteiger partial charge in [-0.2, -0.15) is 13.2 Å². The number of methoxy groups -OCH3 is 1. The molecule has 0 amide bonds. The summed E-state index contributed by atoms with van der Waals surface area (Å²) in [5.74, 6) is 0.738. The molecule has 0 bridgehead atoms. The van der Waals surface area contributed by atoms with Gasteiger partial charge in [0.2, 0.25) is 0 Å². The van der Waals surface area contributed by atoms with Crippen molar-refractivity contribution in [3.05, 3.63) is 52.7 Å². The van der Waals surface area contributed by atoms with Gasteiger partial charge in [-0.1, -0.05) is 23.7 Å². The van der Waals surface area contributed by atoms with Crippen molar-refractivity contribution in [3.63, 3.8) is 0 Å². The van der Waals surface area contributed by atoms with E-state index in [2.05, 4.69) is 10.3 Å². The highest BCUT2D eigenvalue weighted by Crippen LogP contribution is 2.32. The van der Waals surface area contributed by atoms with Gasteiger partial charge in [-0.3, -0.25) is 0 Å². The minimum atomic E-state index is -4.46. The fraction of sp³-hybridized carbons (Fsp3) is 0.214. The van der Waals surface area contributed by atoms with Gasteiger partial charge in [0.25, 0.3) is 0 Å². The molecule has 0 fully saturated rings. The van der Waals surface area contributed by atoms with Gasteiger partial charge in [-0.25, -0.2) is 4.98 Å². The molecular formula is C14H12ClF3N2O. The van der Waals surface area contributed by atoms with Crippen molar-refractivity contribution in [2.24, 2.45) is 0 Å². The van der Waals surface area contributed by atoms with Crippen LogP contribution in [0, 0.1) is 0 Å². The molecule has 0 atom stereocenters. The van der Waals surface area contributed by atoms with Gasteiger partial charge >= 0.3 is 6.18 Å². The third kappa shape index (κ3) is 4.26. The van der Waals surface area contributed by atoms with E-state index in [-0.39, 0.29) is 11.0 Å². The lowest BCUT2D eigenvalue weighted by molar-refractivity contribution is -0.137. The van der Waals surface area contributed by atoms with E-state index in [1.54, 1.807) is 25.3 Å². The number of hydrogen-bond donors (Lipinski definition) is 1. The summed E-state index contributed by atoms with van der Waals surface area (Å²) in [5, 5.41) is 2.60. The maximum Gasteiger partial charge on any atom is 0.416 e. The molecule has 0 aliphatic carbocycles. The minimum absolute atomic E-state index is 0.0673. The van der Waals surface area contributed by atoms with Crippen LogP contribution in [0.15, 0.2) is 36.4 Å². The lowest BCUT2D eigenvalue weighted by Crippen LogP contribution is -2.08. The topological polar surface area (TPSA) is 34.1 Å². The first-order valence-corrected chi connectivity index (χ1v) is 6.38.